The van der Waals surface area contributed by atoms with Crippen molar-refractivity contribution in [3.05, 3.63) is 0 Å². The second kappa shape index (κ2) is 9.36. The Morgan fingerprint density at radius 1 is 0.472 bits per heavy atom. The van der Waals surface area contributed by atoms with E-state index in [1.807, 2.05) is 0 Å². The first-order valence-corrected chi connectivity index (χ1v) is 9.29. The lowest BCUT2D eigenvalue weighted by Crippen LogP contribution is -2.75. The molecule has 0 aliphatic heterocycles. The molecule has 0 fully saturated rings. The van der Waals surface area contributed by atoms with Crippen LogP contribution in [0, 0.1) is 0 Å². The second-order valence-electron chi connectivity index (χ2n) is 6.57. The van der Waals surface area contributed by atoms with Gasteiger partial charge in [-0.1, -0.05) is 0 Å². The Morgan fingerprint density at radius 3 is 1.03 bits per heavy atom. The molecule has 3 nitrogen and oxygen atoms in total. The molecule has 0 bridgehead atoms. The molecule has 0 aliphatic carbocycles. The molecule has 0 aliphatic rings. The van der Waals surface area contributed by atoms with E-state index >= 15 is 0 Å². The van der Waals surface area contributed by atoms with Crippen LogP contribution in [0.25, 0.3) is 0 Å². The van der Waals surface area contributed by atoms with E-state index in [1.165, 1.54) is 0 Å². The van der Waals surface area contributed by atoms with E-state index in [-0.39, 0.29) is 0 Å². The lowest BCUT2D eigenvalue weighted by atomic mass is 9.87. The molecule has 36 heavy (non-hydrogen) atoms. The molecule has 24 heteroatoms. The third-order valence-electron chi connectivity index (χ3n) is 4.13. The molecule has 0 amide bonds. The quantitative estimate of drug-likeness (QED) is 0.222. The van der Waals surface area contributed by atoms with E-state index < -0.39 is 82.0 Å². The topological polar surface area (TPSA) is 54.4 Å². The van der Waals surface area contributed by atoms with Gasteiger partial charge >= 0.3 is 51.6 Å². The minimum atomic E-state index is -9.01. The highest BCUT2D eigenvalue weighted by Gasteiger charge is 2.94. The number of hydrogen-bond donors (Lipinski definition) is 1. The average Bonchev–Trinajstić information content (AvgIpc) is 2.69. The number of halogens is 20. The normalized spacial score (nSPS) is 19.3. The van der Waals surface area contributed by atoms with Crippen LogP contribution < -0.4 is 0 Å². The summed E-state index contributed by atoms with van der Waals surface area (Å²) < 4.78 is 291. The van der Waals surface area contributed by atoms with Crippen molar-refractivity contribution >= 4 is 10.1 Å². The van der Waals surface area contributed by atoms with Crippen LogP contribution in [0.2, 0.25) is 0 Å². The van der Waals surface area contributed by atoms with Crippen LogP contribution in [-0.2, 0) is 10.1 Å². The van der Waals surface area contributed by atoms with Crippen molar-refractivity contribution in [2.45, 2.75) is 71.9 Å². The SMILES string of the molecule is O=S(=O)(O)C(F)C(F)(F)C(F)(F)C(F)(F)C(F)(F)C(F)(F)C(F)(F)C(F)(F)C(F)C(F)C(F)C(F)F. The number of alkyl halides is 20. The smallest absolute Gasteiger partial charge is 0.283 e. The predicted molar refractivity (Wildman–Crippen MR) is 71.8 cm³/mol. The molecule has 4 unspecified atom stereocenters. The minimum Gasteiger partial charge on any atom is -0.283 e. The van der Waals surface area contributed by atoms with Gasteiger partial charge in [-0.2, -0.15) is 69.9 Å². The molecule has 4 atom stereocenters. The van der Waals surface area contributed by atoms with Gasteiger partial charge in [0.15, 0.2) is 12.3 Å². The van der Waals surface area contributed by atoms with Crippen molar-refractivity contribution in [2.24, 2.45) is 0 Å². The maximum absolute atomic E-state index is 13.5. The highest BCUT2D eigenvalue weighted by atomic mass is 32.2. The molecule has 0 saturated heterocycles. The summed E-state index contributed by atoms with van der Waals surface area (Å²) in [6.07, 6.45) is -21.1. The zero-order chi connectivity index (χ0) is 29.9. The molecule has 0 heterocycles. The van der Waals surface area contributed by atoms with Crippen molar-refractivity contribution < 1.29 is 101 Å². The summed E-state index contributed by atoms with van der Waals surface area (Å²) in [5, 5.41) is 0. The lowest BCUT2D eigenvalue weighted by Gasteiger charge is -2.43. The van der Waals surface area contributed by atoms with Crippen LogP contribution in [-0.4, -0.2) is 84.9 Å². The minimum absolute atomic E-state index is 4.88. The Bertz CT molecular complexity index is 884. The van der Waals surface area contributed by atoms with Gasteiger partial charge in [-0.15, -0.1) is 0 Å². The largest absolute Gasteiger partial charge is 0.384 e. The van der Waals surface area contributed by atoms with E-state index in [1.54, 1.807) is 0 Å². The number of hydrogen-bond acceptors (Lipinski definition) is 2. The van der Waals surface area contributed by atoms with Crippen molar-refractivity contribution in [1.29, 1.82) is 0 Å². The van der Waals surface area contributed by atoms with Gasteiger partial charge in [-0.25, -0.2) is 26.3 Å². The summed E-state index contributed by atoms with van der Waals surface area (Å²) in [5.74, 6) is -60.0. The molecule has 1 N–H and O–H groups in total. The van der Waals surface area contributed by atoms with Crippen LogP contribution >= 0.6 is 0 Å². The molecule has 0 rings (SSSR count). The number of rotatable bonds is 12. The first-order valence-electron chi connectivity index (χ1n) is 7.78. The summed E-state index contributed by atoms with van der Waals surface area (Å²) in [6, 6.07) is 0. The molecule has 0 aromatic rings. The molecular weight excluding hydrogens is 604 g/mol. The van der Waals surface area contributed by atoms with Gasteiger partial charge in [-0.3, -0.25) is 4.55 Å². The van der Waals surface area contributed by atoms with Crippen LogP contribution in [0.1, 0.15) is 0 Å². The maximum Gasteiger partial charge on any atom is 0.384 e. The molecule has 218 valence electrons. The first-order chi connectivity index (χ1) is 15.3. The van der Waals surface area contributed by atoms with E-state index in [0.29, 0.717) is 0 Å². The average molecular weight is 610 g/mol. The Hall–Kier alpha value is -1.49. The lowest BCUT2D eigenvalue weighted by molar-refractivity contribution is -0.446. The van der Waals surface area contributed by atoms with Crippen molar-refractivity contribution in [3.63, 3.8) is 0 Å². The molecular formula is C12H6F20O3S. The Labute approximate surface area is 184 Å². The van der Waals surface area contributed by atoms with E-state index in [4.69, 9.17) is 4.55 Å². The van der Waals surface area contributed by atoms with Crippen molar-refractivity contribution in [2.75, 3.05) is 0 Å². The summed E-state index contributed by atoms with van der Waals surface area (Å²) >= 11 is 0. The summed E-state index contributed by atoms with van der Waals surface area (Å²) in [7, 11) is -7.29. The van der Waals surface area contributed by atoms with Crippen LogP contribution in [0.15, 0.2) is 0 Å². The maximum atomic E-state index is 13.5. The zero-order valence-electron chi connectivity index (χ0n) is 15.6. The molecule has 0 spiro atoms. The van der Waals surface area contributed by atoms with E-state index in [0.717, 1.165) is 0 Å². The summed E-state index contributed by atoms with van der Waals surface area (Å²) in [4.78, 5) is 0. The third-order valence-corrected chi connectivity index (χ3v) is 4.95. The second-order valence-corrected chi connectivity index (χ2v) is 8.02. The molecule has 0 aromatic heterocycles. The van der Waals surface area contributed by atoms with Gasteiger partial charge in [-0.05, 0) is 0 Å². The monoisotopic (exact) mass is 610 g/mol. The van der Waals surface area contributed by atoms with Crippen molar-refractivity contribution in [3.8, 4) is 0 Å². The van der Waals surface area contributed by atoms with Gasteiger partial charge in [0.1, 0.15) is 0 Å². The fraction of sp³-hybridized carbons (Fsp3) is 1.00. The first kappa shape index (κ1) is 34.5. The fourth-order valence-electron chi connectivity index (χ4n) is 2.01. The van der Waals surface area contributed by atoms with Gasteiger partial charge < -0.3 is 0 Å². The van der Waals surface area contributed by atoms with Crippen molar-refractivity contribution in [1.82, 2.24) is 0 Å². The summed E-state index contributed by atoms with van der Waals surface area (Å²) in [5.41, 5.74) is -6.07. The third kappa shape index (κ3) is 4.74. The standard InChI is InChI=1S/C12H6F20O3S/c13-1(2(14)4(16)17)3(15)6(19,20)8(23,24)10(27,28)12(31,32)11(29,30)9(25,26)7(21,22)5(18)36(33,34)35/h1-5H,(H,33,34,35). The van der Waals surface area contributed by atoms with Gasteiger partial charge in [0.25, 0.3) is 11.9 Å². The Morgan fingerprint density at radius 2 is 0.750 bits per heavy atom. The molecule has 0 radical (unpaired) electrons. The van der Waals surface area contributed by atoms with E-state index in [9.17, 15) is 96.2 Å². The molecule has 0 aromatic carbocycles. The van der Waals surface area contributed by atoms with E-state index in [2.05, 4.69) is 0 Å². The fourth-order valence-corrected chi connectivity index (χ4v) is 2.54. The summed E-state index contributed by atoms with van der Waals surface area (Å²) in [6.45, 7) is 0. The van der Waals surface area contributed by atoms with Gasteiger partial charge in [0, 0.05) is 0 Å². The Kier molecular flexibility index (Phi) is 8.97. The predicted octanol–water partition coefficient (Wildman–Crippen LogP) is 5.90. The van der Waals surface area contributed by atoms with Gasteiger partial charge in [0.2, 0.25) is 6.17 Å². The van der Waals surface area contributed by atoms with Crippen LogP contribution in [0.5, 0.6) is 0 Å². The van der Waals surface area contributed by atoms with Crippen LogP contribution in [0.4, 0.5) is 87.8 Å². The highest BCUT2D eigenvalue weighted by molar-refractivity contribution is 7.86. The Balaban J connectivity index is 6.87. The van der Waals surface area contributed by atoms with Gasteiger partial charge in [0.05, 0.1) is 0 Å². The zero-order valence-corrected chi connectivity index (χ0v) is 16.4. The highest BCUT2D eigenvalue weighted by Crippen LogP contribution is 2.63. The molecule has 0 saturated carbocycles. The van der Waals surface area contributed by atoms with Crippen LogP contribution in [0.3, 0.4) is 0 Å².